The van der Waals surface area contributed by atoms with Gasteiger partial charge in [0.25, 0.3) is 0 Å². The number of hydrogen-bond acceptors (Lipinski definition) is 4. The lowest BCUT2D eigenvalue weighted by Gasteiger charge is -2.57. The van der Waals surface area contributed by atoms with Crippen molar-refractivity contribution in [3.63, 3.8) is 0 Å². The highest BCUT2D eigenvalue weighted by Gasteiger charge is 2.69. The fourth-order valence-corrected chi connectivity index (χ4v) is 5.31. The third kappa shape index (κ3) is 1.54. The molecule has 2 heterocycles. The average Bonchev–Trinajstić information content (AvgIpc) is 2.75. The van der Waals surface area contributed by atoms with Crippen molar-refractivity contribution in [3.8, 4) is 0 Å². The number of carboxylic acid groups (broad SMARTS) is 1. The molecule has 1 saturated carbocycles. The Balaban J connectivity index is 2.17. The monoisotopic (exact) mass is 294 g/mol. The molecule has 3 rings (SSSR count). The van der Waals surface area contributed by atoms with Crippen molar-refractivity contribution in [2.24, 2.45) is 16.6 Å². The Kier molecular flexibility index (Phi) is 2.92. The summed E-state index contributed by atoms with van der Waals surface area (Å²) in [6.07, 6.45) is 3.16. The van der Waals surface area contributed by atoms with Gasteiger partial charge in [-0.1, -0.05) is 13.8 Å². The molecule has 118 valence electrons. The van der Waals surface area contributed by atoms with Gasteiger partial charge in [-0.25, -0.2) is 4.79 Å². The first kappa shape index (κ1) is 15.0. The normalized spacial score (nSPS) is 51.9. The Hall–Kier alpha value is -0.910. The molecule has 0 amide bonds. The van der Waals surface area contributed by atoms with Crippen LogP contribution in [0.2, 0.25) is 0 Å². The first-order valence-electron chi connectivity index (χ1n) is 7.72. The molecule has 3 fully saturated rings. The number of nitrogens with zero attached hydrogens (tertiary/aromatic N) is 1. The maximum absolute atomic E-state index is 11.4. The van der Waals surface area contributed by atoms with Gasteiger partial charge in [-0.05, 0) is 49.6 Å². The second-order valence-electron chi connectivity index (χ2n) is 7.71. The Morgan fingerprint density at radius 2 is 2.00 bits per heavy atom. The van der Waals surface area contributed by atoms with Crippen LogP contribution in [0.15, 0.2) is 11.1 Å². The predicted octanol–water partition coefficient (Wildman–Crippen LogP) is 1.32. The Morgan fingerprint density at radius 3 is 2.57 bits per heavy atom. The first-order chi connectivity index (χ1) is 9.58. The summed E-state index contributed by atoms with van der Waals surface area (Å²) in [5.74, 6) is -0.941. The van der Waals surface area contributed by atoms with Gasteiger partial charge in [-0.2, -0.15) is 0 Å². The lowest BCUT2D eigenvalue weighted by Crippen LogP contribution is -2.64. The molecule has 2 saturated heterocycles. The van der Waals surface area contributed by atoms with Gasteiger partial charge >= 0.3 is 5.97 Å². The molecule has 4 N–H and O–H groups in total. The van der Waals surface area contributed by atoms with Gasteiger partial charge in [0.1, 0.15) is 5.72 Å². The van der Waals surface area contributed by atoms with E-state index < -0.39 is 11.7 Å². The van der Waals surface area contributed by atoms with Crippen molar-refractivity contribution < 1.29 is 15.0 Å². The molecule has 0 aromatic heterocycles. The molecule has 1 unspecified atom stereocenters. The smallest absolute Gasteiger partial charge is 0.331 e. The number of nitrogens with two attached hydrogens (primary N) is 1. The highest BCUT2D eigenvalue weighted by molar-refractivity contribution is 5.87. The van der Waals surface area contributed by atoms with Crippen LogP contribution in [0, 0.1) is 10.8 Å². The standard InChI is InChI=1S/C16H26N2O3/c1-9(13(19)20)10-7-12-14(2)6-5-11(17)15(14,3)8-16(10,21)18(12)4/h11-12,21H,5-8,17H2,1-4H3,(H,19,20)/b10-9-/t11-,12?,14-,15-,16+/m1/s1. The highest BCUT2D eigenvalue weighted by atomic mass is 16.4. The summed E-state index contributed by atoms with van der Waals surface area (Å²) in [6, 6.07) is 0.216. The number of likely N-dealkylation sites (N-methyl/N-ethyl adjacent to an activating group) is 1. The van der Waals surface area contributed by atoms with Crippen LogP contribution in [0.25, 0.3) is 0 Å². The second-order valence-corrected chi connectivity index (χ2v) is 7.71. The van der Waals surface area contributed by atoms with Gasteiger partial charge in [0, 0.05) is 24.1 Å². The molecule has 3 aliphatic rings. The molecule has 2 bridgehead atoms. The van der Waals surface area contributed by atoms with E-state index in [-0.39, 0.29) is 28.5 Å². The number of fused-ring (bicyclic) bond motifs is 4. The highest BCUT2D eigenvalue weighted by Crippen LogP contribution is 2.67. The van der Waals surface area contributed by atoms with E-state index in [2.05, 4.69) is 13.8 Å². The van der Waals surface area contributed by atoms with Crippen LogP contribution >= 0.6 is 0 Å². The van der Waals surface area contributed by atoms with Crippen LogP contribution in [0.3, 0.4) is 0 Å². The number of carboxylic acids is 1. The molecule has 0 aromatic carbocycles. The topological polar surface area (TPSA) is 86.8 Å². The van der Waals surface area contributed by atoms with Gasteiger partial charge in [0.05, 0.1) is 0 Å². The molecule has 2 aliphatic heterocycles. The van der Waals surface area contributed by atoms with Gasteiger partial charge in [-0.15, -0.1) is 0 Å². The summed E-state index contributed by atoms with van der Waals surface area (Å²) < 4.78 is 0. The molecule has 5 atom stereocenters. The van der Waals surface area contributed by atoms with E-state index in [0.29, 0.717) is 18.4 Å². The average molecular weight is 294 g/mol. The Labute approximate surface area is 125 Å². The number of aliphatic carboxylic acids is 1. The minimum absolute atomic E-state index is 0.0218. The minimum atomic E-state index is -1.16. The van der Waals surface area contributed by atoms with Crippen LogP contribution in [-0.2, 0) is 4.79 Å². The fourth-order valence-electron chi connectivity index (χ4n) is 5.31. The fraction of sp³-hybridized carbons (Fsp3) is 0.812. The Morgan fingerprint density at radius 1 is 1.38 bits per heavy atom. The van der Waals surface area contributed by atoms with E-state index in [1.165, 1.54) is 0 Å². The van der Waals surface area contributed by atoms with E-state index in [1.54, 1.807) is 6.92 Å². The summed E-state index contributed by atoms with van der Waals surface area (Å²) in [5.41, 5.74) is 6.05. The molecule has 5 nitrogen and oxygen atoms in total. The summed E-state index contributed by atoms with van der Waals surface area (Å²) >= 11 is 0. The Bertz CT molecular complexity index is 544. The zero-order valence-electron chi connectivity index (χ0n) is 13.3. The van der Waals surface area contributed by atoms with Gasteiger partial charge in [-0.3, -0.25) is 4.90 Å². The largest absolute Gasteiger partial charge is 0.478 e. The van der Waals surface area contributed by atoms with Gasteiger partial charge in [0.15, 0.2) is 0 Å². The van der Waals surface area contributed by atoms with E-state index in [9.17, 15) is 15.0 Å². The van der Waals surface area contributed by atoms with Crippen molar-refractivity contribution in [1.82, 2.24) is 4.90 Å². The van der Waals surface area contributed by atoms with Gasteiger partial charge < -0.3 is 15.9 Å². The number of hydrogen-bond donors (Lipinski definition) is 3. The summed E-state index contributed by atoms with van der Waals surface area (Å²) in [7, 11) is 1.92. The lowest BCUT2D eigenvalue weighted by molar-refractivity contribution is -0.174. The molecular formula is C16H26N2O3. The van der Waals surface area contributed by atoms with Crippen molar-refractivity contribution in [3.05, 3.63) is 11.1 Å². The predicted molar refractivity (Wildman–Crippen MR) is 79.5 cm³/mol. The van der Waals surface area contributed by atoms with E-state index in [4.69, 9.17) is 5.73 Å². The number of rotatable bonds is 1. The molecule has 0 spiro atoms. The SMILES string of the molecule is C/C(C(=O)O)=C1\CC2N(C)[C@]1(O)C[C@]1(C)[C@H](N)CC[C@]21C. The van der Waals surface area contributed by atoms with E-state index in [1.807, 2.05) is 11.9 Å². The first-order valence-corrected chi connectivity index (χ1v) is 7.72. The summed E-state index contributed by atoms with van der Waals surface area (Å²) in [4.78, 5) is 13.4. The van der Waals surface area contributed by atoms with Crippen molar-refractivity contribution >= 4 is 5.97 Å². The quantitative estimate of drug-likeness (QED) is 0.635. The zero-order valence-corrected chi connectivity index (χ0v) is 13.3. The van der Waals surface area contributed by atoms with Crippen molar-refractivity contribution in [2.75, 3.05) is 7.05 Å². The molecule has 21 heavy (non-hydrogen) atoms. The molecule has 0 aromatic rings. The maximum Gasteiger partial charge on any atom is 0.331 e. The van der Waals surface area contributed by atoms with Crippen molar-refractivity contribution in [2.45, 2.75) is 64.3 Å². The summed E-state index contributed by atoms with van der Waals surface area (Å²) in [5, 5.41) is 20.6. The van der Waals surface area contributed by atoms with E-state index in [0.717, 1.165) is 12.8 Å². The molecule has 5 heteroatoms. The van der Waals surface area contributed by atoms with Crippen LogP contribution in [0.5, 0.6) is 0 Å². The van der Waals surface area contributed by atoms with E-state index >= 15 is 0 Å². The third-order valence-electron chi connectivity index (χ3n) is 7.15. The zero-order chi connectivity index (χ0) is 15.8. The van der Waals surface area contributed by atoms with Gasteiger partial charge in [0.2, 0.25) is 0 Å². The minimum Gasteiger partial charge on any atom is -0.478 e. The number of aliphatic hydroxyl groups is 1. The maximum atomic E-state index is 11.4. The lowest BCUT2D eigenvalue weighted by atomic mass is 9.58. The van der Waals surface area contributed by atoms with Crippen LogP contribution in [-0.4, -0.2) is 45.9 Å². The molecule has 1 aliphatic carbocycles. The second kappa shape index (κ2) is 4.09. The van der Waals surface area contributed by atoms with Crippen molar-refractivity contribution in [1.29, 1.82) is 0 Å². The van der Waals surface area contributed by atoms with Crippen LogP contribution in [0.1, 0.15) is 46.5 Å². The number of carbonyl (C=O) groups is 1. The third-order valence-corrected chi connectivity index (χ3v) is 7.15. The molecule has 0 radical (unpaired) electrons. The van der Waals surface area contributed by atoms with Crippen LogP contribution in [0.4, 0.5) is 0 Å². The summed E-state index contributed by atoms with van der Waals surface area (Å²) in [6.45, 7) is 6.04. The van der Waals surface area contributed by atoms with Crippen LogP contribution < -0.4 is 5.73 Å². The number of piperidine rings is 1. The molecular weight excluding hydrogens is 268 g/mol.